The van der Waals surface area contributed by atoms with Crippen LogP contribution in [0.25, 0.3) is 0 Å². The average Bonchev–Trinajstić information content (AvgIpc) is 3.32. The molecular formula is C17H26N2O2. The largest absolute Gasteiger partial charge is 0.394 e. The maximum Gasteiger partial charge on any atom is 0.315 e. The van der Waals surface area contributed by atoms with Crippen molar-refractivity contribution in [1.29, 1.82) is 0 Å². The van der Waals surface area contributed by atoms with Gasteiger partial charge < -0.3 is 15.7 Å². The highest BCUT2D eigenvalue weighted by Crippen LogP contribution is 2.39. The molecule has 0 bridgehead atoms. The van der Waals surface area contributed by atoms with E-state index in [0.717, 1.165) is 25.7 Å². The molecule has 0 heterocycles. The minimum atomic E-state index is -0.491. The zero-order valence-electron chi connectivity index (χ0n) is 12.9. The Kier molecular flexibility index (Phi) is 5.23. The fourth-order valence-corrected chi connectivity index (χ4v) is 2.67. The van der Waals surface area contributed by atoms with Crippen molar-refractivity contribution >= 4 is 6.03 Å². The van der Waals surface area contributed by atoms with Gasteiger partial charge in [-0.05, 0) is 44.1 Å². The lowest BCUT2D eigenvalue weighted by molar-refractivity contribution is 0.154. The SMILES string of the molecule is CCC(Cc1ccccc1)NC(=O)NC(C)(CO)C1CC1. The standard InChI is InChI=1S/C17H26N2O2/c1-3-15(11-13-7-5-4-6-8-13)18-16(21)19-17(2,12-20)14-9-10-14/h4-8,14-15,20H,3,9-12H2,1-2H3,(H2,18,19,21). The molecule has 0 radical (unpaired) electrons. The van der Waals surface area contributed by atoms with E-state index in [-0.39, 0.29) is 18.7 Å². The van der Waals surface area contributed by atoms with Gasteiger partial charge in [0.15, 0.2) is 0 Å². The number of hydrogen-bond donors (Lipinski definition) is 3. The molecule has 2 atom stereocenters. The van der Waals surface area contributed by atoms with E-state index >= 15 is 0 Å². The Morgan fingerprint density at radius 3 is 2.57 bits per heavy atom. The van der Waals surface area contributed by atoms with E-state index in [0.29, 0.717) is 5.92 Å². The first-order chi connectivity index (χ1) is 10.1. The lowest BCUT2D eigenvalue weighted by Crippen LogP contribution is -2.55. The number of carbonyl (C=O) groups excluding carboxylic acids is 1. The number of hydrogen-bond acceptors (Lipinski definition) is 2. The van der Waals surface area contributed by atoms with Crippen molar-refractivity contribution in [2.45, 2.75) is 51.1 Å². The minimum Gasteiger partial charge on any atom is -0.394 e. The first-order valence-electron chi connectivity index (χ1n) is 7.81. The molecule has 1 fully saturated rings. The normalized spacial score (nSPS) is 18.6. The monoisotopic (exact) mass is 290 g/mol. The summed E-state index contributed by atoms with van der Waals surface area (Å²) in [6, 6.07) is 10.1. The fraction of sp³-hybridized carbons (Fsp3) is 0.588. The van der Waals surface area contributed by atoms with Crippen LogP contribution in [0.1, 0.15) is 38.7 Å². The Hall–Kier alpha value is -1.55. The summed E-state index contributed by atoms with van der Waals surface area (Å²) in [5.74, 6) is 0.405. The molecule has 4 nitrogen and oxygen atoms in total. The summed E-state index contributed by atoms with van der Waals surface area (Å²) in [5.41, 5.74) is 0.728. The van der Waals surface area contributed by atoms with Crippen LogP contribution in [0.5, 0.6) is 0 Å². The van der Waals surface area contributed by atoms with Crippen molar-refractivity contribution in [3.05, 3.63) is 35.9 Å². The van der Waals surface area contributed by atoms with E-state index < -0.39 is 5.54 Å². The van der Waals surface area contributed by atoms with Crippen LogP contribution in [0.2, 0.25) is 0 Å². The Labute approximate surface area is 126 Å². The zero-order chi connectivity index (χ0) is 15.3. The van der Waals surface area contributed by atoms with Gasteiger partial charge in [-0.15, -0.1) is 0 Å². The molecule has 0 aromatic heterocycles. The van der Waals surface area contributed by atoms with Gasteiger partial charge in [-0.25, -0.2) is 4.79 Å². The molecule has 2 unspecified atom stereocenters. The first-order valence-corrected chi connectivity index (χ1v) is 7.81. The average molecular weight is 290 g/mol. The third-order valence-electron chi connectivity index (χ3n) is 4.36. The zero-order valence-corrected chi connectivity index (χ0v) is 12.9. The fourth-order valence-electron chi connectivity index (χ4n) is 2.67. The van der Waals surface area contributed by atoms with Crippen LogP contribution < -0.4 is 10.6 Å². The van der Waals surface area contributed by atoms with Gasteiger partial charge in [-0.2, -0.15) is 0 Å². The highest BCUT2D eigenvalue weighted by molar-refractivity contribution is 5.75. The number of aliphatic hydroxyl groups is 1. The molecule has 3 N–H and O–H groups in total. The quantitative estimate of drug-likeness (QED) is 0.722. The van der Waals surface area contributed by atoms with E-state index in [4.69, 9.17) is 0 Å². The number of amides is 2. The van der Waals surface area contributed by atoms with E-state index in [2.05, 4.69) is 29.7 Å². The Morgan fingerprint density at radius 1 is 1.38 bits per heavy atom. The van der Waals surface area contributed by atoms with Crippen molar-refractivity contribution in [2.24, 2.45) is 5.92 Å². The number of benzene rings is 1. The smallest absolute Gasteiger partial charge is 0.315 e. The number of rotatable bonds is 7. The van der Waals surface area contributed by atoms with Crippen LogP contribution in [0.4, 0.5) is 4.79 Å². The summed E-state index contributed by atoms with van der Waals surface area (Å²) in [6.07, 6.45) is 3.86. The molecule has 116 valence electrons. The molecule has 1 saturated carbocycles. The Balaban J connectivity index is 1.87. The Morgan fingerprint density at radius 2 is 2.05 bits per heavy atom. The van der Waals surface area contributed by atoms with Gasteiger partial charge in [0.25, 0.3) is 0 Å². The van der Waals surface area contributed by atoms with Crippen LogP contribution in [0.15, 0.2) is 30.3 Å². The first kappa shape index (κ1) is 15.8. The van der Waals surface area contributed by atoms with Gasteiger partial charge in [-0.3, -0.25) is 0 Å². The molecule has 1 aliphatic carbocycles. The number of aliphatic hydroxyl groups excluding tert-OH is 1. The minimum absolute atomic E-state index is 0.0133. The molecule has 0 saturated heterocycles. The molecule has 2 rings (SSSR count). The molecule has 0 aliphatic heterocycles. The van der Waals surface area contributed by atoms with Crippen molar-refractivity contribution in [2.75, 3.05) is 6.61 Å². The number of urea groups is 1. The van der Waals surface area contributed by atoms with Crippen molar-refractivity contribution in [3.63, 3.8) is 0 Å². The van der Waals surface area contributed by atoms with E-state index in [1.54, 1.807) is 0 Å². The third-order valence-corrected chi connectivity index (χ3v) is 4.36. The van der Waals surface area contributed by atoms with Crippen LogP contribution in [-0.4, -0.2) is 29.3 Å². The second-order valence-corrected chi connectivity index (χ2v) is 6.24. The van der Waals surface area contributed by atoms with Crippen molar-refractivity contribution in [1.82, 2.24) is 10.6 Å². The molecule has 1 aliphatic rings. The summed E-state index contributed by atoms with van der Waals surface area (Å²) >= 11 is 0. The Bertz CT molecular complexity index is 459. The highest BCUT2D eigenvalue weighted by atomic mass is 16.3. The lowest BCUT2D eigenvalue weighted by Gasteiger charge is -2.30. The van der Waals surface area contributed by atoms with Gasteiger partial charge >= 0.3 is 6.03 Å². The third kappa shape index (κ3) is 4.46. The highest BCUT2D eigenvalue weighted by Gasteiger charge is 2.42. The molecule has 1 aromatic carbocycles. The molecule has 0 spiro atoms. The molecule has 1 aromatic rings. The van der Waals surface area contributed by atoms with Crippen molar-refractivity contribution in [3.8, 4) is 0 Å². The van der Waals surface area contributed by atoms with Gasteiger partial charge in [0.1, 0.15) is 0 Å². The summed E-state index contributed by atoms with van der Waals surface area (Å²) in [7, 11) is 0. The van der Waals surface area contributed by atoms with Crippen molar-refractivity contribution < 1.29 is 9.90 Å². The predicted octanol–water partition coefficient (Wildman–Crippen LogP) is 2.47. The van der Waals surface area contributed by atoms with Gasteiger partial charge in [0.05, 0.1) is 12.1 Å². The molecule has 4 heteroatoms. The van der Waals surface area contributed by atoms with Crippen LogP contribution in [-0.2, 0) is 6.42 Å². The van der Waals surface area contributed by atoms with Crippen LogP contribution >= 0.6 is 0 Å². The van der Waals surface area contributed by atoms with Gasteiger partial charge in [0, 0.05) is 6.04 Å². The van der Waals surface area contributed by atoms with E-state index in [1.807, 2.05) is 25.1 Å². The molecule has 2 amide bonds. The summed E-state index contributed by atoms with van der Waals surface area (Å²) in [4.78, 5) is 12.2. The molecule has 21 heavy (non-hydrogen) atoms. The topological polar surface area (TPSA) is 61.4 Å². The summed E-state index contributed by atoms with van der Waals surface area (Å²) in [5, 5.41) is 15.5. The maximum atomic E-state index is 12.2. The number of carbonyl (C=O) groups is 1. The van der Waals surface area contributed by atoms with Crippen LogP contribution in [0, 0.1) is 5.92 Å². The summed E-state index contributed by atoms with van der Waals surface area (Å²) < 4.78 is 0. The van der Waals surface area contributed by atoms with E-state index in [9.17, 15) is 9.90 Å². The summed E-state index contributed by atoms with van der Waals surface area (Å²) in [6.45, 7) is 3.98. The van der Waals surface area contributed by atoms with Crippen LogP contribution in [0.3, 0.4) is 0 Å². The van der Waals surface area contributed by atoms with E-state index in [1.165, 1.54) is 5.56 Å². The second-order valence-electron chi connectivity index (χ2n) is 6.24. The second kappa shape index (κ2) is 6.94. The lowest BCUT2D eigenvalue weighted by atomic mass is 9.97. The predicted molar refractivity (Wildman–Crippen MR) is 84.1 cm³/mol. The maximum absolute atomic E-state index is 12.2. The molecular weight excluding hydrogens is 264 g/mol. The van der Waals surface area contributed by atoms with Gasteiger partial charge in [0.2, 0.25) is 0 Å². The number of nitrogens with one attached hydrogen (secondary N) is 2. The van der Waals surface area contributed by atoms with Gasteiger partial charge in [-0.1, -0.05) is 37.3 Å².